The lowest BCUT2D eigenvalue weighted by atomic mass is 10.3. The van der Waals surface area contributed by atoms with Crippen LogP contribution in [0.2, 0.25) is 0 Å². The molecule has 6 nitrogen and oxygen atoms in total. The van der Waals surface area contributed by atoms with Gasteiger partial charge in [-0.25, -0.2) is 9.78 Å². The average Bonchev–Trinajstić information content (AvgIpc) is 2.55. The van der Waals surface area contributed by atoms with Gasteiger partial charge in [-0.15, -0.1) is 0 Å². The molecule has 0 aliphatic rings. The molecule has 1 N–H and O–H groups in total. The van der Waals surface area contributed by atoms with Crippen LogP contribution in [0.15, 0.2) is 12.1 Å². The van der Waals surface area contributed by atoms with Gasteiger partial charge in [-0.3, -0.25) is 4.57 Å². The van der Waals surface area contributed by atoms with E-state index in [9.17, 15) is 13.6 Å². The number of aromatic nitrogens is 3. The Morgan fingerprint density at radius 2 is 2.18 bits per heavy atom. The lowest BCUT2D eigenvalue weighted by Gasteiger charge is -2.02. The number of nitrogens with zero attached hydrogens (tertiary/aromatic N) is 3. The van der Waals surface area contributed by atoms with Crippen molar-refractivity contribution in [1.29, 1.82) is 0 Å². The Kier molecular flexibility index (Phi) is 2.62. The van der Waals surface area contributed by atoms with Crippen LogP contribution in [0.4, 0.5) is 8.78 Å². The maximum Gasteiger partial charge on any atom is 0.389 e. The molecule has 0 unspecified atom stereocenters. The monoisotopic (exact) mass is 243 g/mol. The summed E-state index contributed by atoms with van der Waals surface area (Å²) in [6, 6.07) is 2.30. The van der Waals surface area contributed by atoms with Crippen molar-refractivity contribution in [1.82, 2.24) is 14.5 Å². The highest BCUT2D eigenvalue weighted by Crippen LogP contribution is 2.19. The Morgan fingerprint density at radius 3 is 2.76 bits per heavy atom. The van der Waals surface area contributed by atoms with Gasteiger partial charge < -0.3 is 9.84 Å². The number of halogens is 2. The van der Waals surface area contributed by atoms with Crippen LogP contribution < -0.4 is 4.74 Å². The third kappa shape index (κ3) is 2.01. The van der Waals surface area contributed by atoms with Gasteiger partial charge in [0.2, 0.25) is 0 Å². The van der Waals surface area contributed by atoms with Gasteiger partial charge in [0.15, 0.2) is 11.3 Å². The van der Waals surface area contributed by atoms with Crippen LogP contribution in [-0.4, -0.2) is 32.2 Å². The van der Waals surface area contributed by atoms with Gasteiger partial charge in [0.05, 0.1) is 0 Å². The number of carboxylic acid groups (broad SMARTS) is 1. The third-order valence-electron chi connectivity index (χ3n) is 2.09. The van der Waals surface area contributed by atoms with E-state index in [1.165, 1.54) is 19.2 Å². The maximum atomic E-state index is 12.0. The first-order chi connectivity index (χ1) is 7.99. The highest BCUT2D eigenvalue weighted by molar-refractivity contribution is 5.88. The summed E-state index contributed by atoms with van der Waals surface area (Å²) in [5.41, 5.74) is 0.262. The van der Waals surface area contributed by atoms with E-state index in [2.05, 4.69) is 14.7 Å². The molecule has 0 aliphatic carbocycles. The molecule has 2 aromatic rings. The Morgan fingerprint density at radius 1 is 1.47 bits per heavy atom. The average molecular weight is 243 g/mol. The molecule has 0 bridgehead atoms. The molecule has 2 rings (SSSR count). The van der Waals surface area contributed by atoms with Gasteiger partial charge in [0.25, 0.3) is 0 Å². The number of aromatic carboxylic acids is 1. The lowest BCUT2D eigenvalue weighted by molar-refractivity contribution is -0.0575. The number of hydrogen-bond acceptors (Lipinski definition) is 4. The molecule has 2 aromatic heterocycles. The predicted molar refractivity (Wildman–Crippen MR) is 52.1 cm³/mol. The Hall–Kier alpha value is -2.25. The van der Waals surface area contributed by atoms with Crippen molar-refractivity contribution in [2.45, 2.75) is 6.61 Å². The molecule has 0 aliphatic heterocycles. The smallest absolute Gasteiger partial charge is 0.389 e. The molecule has 0 fully saturated rings. The second kappa shape index (κ2) is 3.96. The molecular formula is C9H7F2N3O3. The zero-order chi connectivity index (χ0) is 12.6. The number of pyridine rings is 1. The van der Waals surface area contributed by atoms with E-state index >= 15 is 0 Å². The van der Waals surface area contributed by atoms with E-state index in [0.29, 0.717) is 0 Å². The van der Waals surface area contributed by atoms with E-state index in [1.54, 1.807) is 0 Å². The number of fused-ring (bicyclic) bond motifs is 1. The van der Waals surface area contributed by atoms with Crippen LogP contribution >= 0.6 is 0 Å². The molecule has 0 saturated heterocycles. The topological polar surface area (TPSA) is 77.2 Å². The summed E-state index contributed by atoms with van der Waals surface area (Å²) >= 11 is 0. The molecule has 90 valence electrons. The summed E-state index contributed by atoms with van der Waals surface area (Å²) in [5.74, 6) is -1.20. The quantitative estimate of drug-likeness (QED) is 0.878. The molecule has 0 spiro atoms. The zero-order valence-electron chi connectivity index (χ0n) is 8.59. The Bertz CT molecular complexity index is 582. The third-order valence-corrected chi connectivity index (χ3v) is 2.09. The van der Waals surface area contributed by atoms with Crippen molar-refractivity contribution in [3.63, 3.8) is 0 Å². The van der Waals surface area contributed by atoms with Gasteiger partial charge in [0.1, 0.15) is 5.52 Å². The fraction of sp³-hybridized carbons (Fsp3) is 0.222. The summed E-state index contributed by atoms with van der Waals surface area (Å²) in [6.07, 6.45) is 0. The van der Waals surface area contributed by atoms with Gasteiger partial charge >= 0.3 is 18.6 Å². The van der Waals surface area contributed by atoms with Crippen LogP contribution in [0, 0.1) is 0 Å². The number of hydrogen-bond donors (Lipinski definition) is 1. The first kappa shape index (κ1) is 11.2. The summed E-state index contributed by atoms with van der Waals surface area (Å²) in [6.45, 7) is -3.00. The van der Waals surface area contributed by atoms with Crippen LogP contribution in [0.3, 0.4) is 0 Å². The Labute approximate surface area is 93.5 Å². The molecule has 0 atom stereocenters. The fourth-order valence-electron chi connectivity index (χ4n) is 1.35. The minimum atomic E-state index is -3.00. The van der Waals surface area contributed by atoms with E-state index in [1.807, 2.05) is 0 Å². The summed E-state index contributed by atoms with van der Waals surface area (Å²) < 4.78 is 29.4. The molecule has 0 aromatic carbocycles. The summed E-state index contributed by atoms with van der Waals surface area (Å²) in [7, 11) is 1.41. The minimum absolute atomic E-state index is 0.167. The highest BCUT2D eigenvalue weighted by Gasteiger charge is 2.15. The number of carboxylic acids is 1. The number of aryl methyl sites for hydroxylation is 1. The van der Waals surface area contributed by atoms with Crippen LogP contribution in [-0.2, 0) is 7.05 Å². The van der Waals surface area contributed by atoms with Crippen molar-refractivity contribution in [3.05, 3.63) is 17.8 Å². The number of carbonyl (C=O) groups is 1. The summed E-state index contributed by atoms with van der Waals surface area (Å²) in [4.78, 5) is 18.2. The van der Waals surface area contributed by atoms with Crippen molar-refractivity contribution in [2.24, 2.45) is 7.05 Å². The molecule has 2 heterocycles. The highest BCUT2D eigenvalue weighted by atomic mass is 19.3. The second-order valence-electron chi connectivity index (χ2n) is 3.18. The fourth-order valence-corrected chi connectivity index (χ4v) is 1.35. The van der Waals surface area contributed by atoms with Gasteiger partial charge in [0, 0.05) is 7.05 Å². The van der Waals surface area contributed by atoms with Gasteiger partial charge in [-0.1, -0.05) is 0 Å². The van der Waals surface area contributed by atoms with Crippen molar-refractivity contribution in [3.8, 4) is 6.01 Å². The number of rotatable bonds is 3. The minimum Gasteiger partial charge on any atom is -0.477 e. The zero-order valence-corrected chi connectivity index (χ0v) is 8.59. The van der Waals surface area contributed by atoms with E-state index < -0.39 is 12.6 Å². The maximum absolute atomic E-state index is 12.0. The molecule has 0 amide bonds. The molecule has 17 heavy (non-hydrogen) atoms. The van der Waals surface area contributed by atoms with E-state index in [-0.39, 0.29) is 22.9 Å². The number of alkyl halides is 2. The number of ether oxygens (including phenoxy) is 1. The van der Waals surface area contributed by atoms with Crippen molar-refractivity contribution in [2.75, 3.05) is 0 Å². The van der Waals surface area contributed by atoms with Gasteiger partial charge in [-0.05, 0) is 12.1 Å². The molecular weight excluding hydrogens is 236 g/mol. The first-order valence-corrected chi connectivity index (χ1v) is 4.50. The van der Waals surface area contributed by atoms with E-state index in [4.69, 9.17) is 5.11 Å². The molecule has 0 radical (unpaired) electrons. The van der Waals surface area contributed by atoms with Crippen LogP contribution in [0.25, 0.3) is 11.2 Å². The largest absolute Gasteiger partial charge is 0.477 e. The second-order valence-corrected chi connectivity index (χ2v) is 3.18. The SMILES string of the molecule is Cn1c(OC(F)F)nc2ccc(C(=O)O)nc21. The van der Waals surface area contributed by atoms with Gasteiger partial charge in [-0.2, -0.15) is 13.8 Å². The van der Waals surface area contributed by atoms with Crippen molar-refractivity contribution < 1.29 is 23.4 Å². The van der Waals surface area contributed by atoms with Crippen molar-refractivity contribution >= 4 is 17.1 Å². The number of imidazole rings is 1. The first-order valence-electron chi connectivity index (χ1n) is 4.50. The normalized spacial score (nSPS) is 11.1. The lowest BCUT2D eigenvalue weighted by Crippen LogP contribution is -2.07. The Balaban J connectivity index is 2.54. The molecule has 0 saturated carbocycles. The standard InChI is InChI=1S/C9H7F2N3O3/c1-14-6-4(13-9(14)17-8(10)11)2-3-5(12-6)7(15)16/h2-3,8H,1H3,(H,15,16). The summed E-state index contributed by atoms with van der Waals surface area (Å²) in [5, 5.41) is 8.74. The van der Waals surface area contributed by atoms with Crippen LogP contribution in [0.5, 0.6) is 6.01 Å². The predicted octanol–water partition coefficient (Wildman–Crippen LogP) is 1.27. The van der Waals surface area contributed by atoms with Crippen LogP contribution in [0.1, 0.15) is 10.5 Å². The van der Waals surface area contributed by atoms with E-state index in [0.717, 1.165) is 4.57 Å². The molecule has 8 heteroatoms.